The predicted octanol–water partition coefficient (Wildman–Crippen LogP) is 7.50. The smallest absolute Gasteiger partial charge is 0.0314 e. The molecule has 1 aromatic carbocycles. The summed E-state index contributed by atoms with van der Waals surface area (Å²) in [6, 6.07) is 9.28. The van der Waals surface area contributed by atoms with Crippen LogP contribution in [0.2, 0.25) is 0 Å². The Morgan fingerprint density at radius 3 is 2.03 bits per heavy atom. The van der Waals surface area contributed by atoms with E-state index >= 15 is 0 Å². The third-order valence-corrected chi connectivity index (χ3v) is 8.03. The minimum Gasteiger partial charge on any atom is -0.399 e. The first-order valence-electron chi connectivity index (χ1n) is 12.8. The molecule has 3 rings (SSSR count). The standard InChI is InChI=1S/C27H46N2/c28-25-18-16-24(17-19-25)27(21-11-6-12-22-27)20-10-4-2-1-3-9-15-26(29)23-13-7-5-8-14-23/h16-19,23,26H,1-15,20-22,28-29H2. The summed E-state index contributed by atoms with van der Waals surface area (Å²) in [7, 11) is 0. The van der Waals surface area contributed by atoms with Crippen LogP contribution in [0.5, 0.6) is 0 Å². The maximum Gasteiger partial charge on any atom is 0.0314 e. The Morgan fingerprint density at radius 2 is 1.34 bits per heavy atom. The summed E-state index contributed by atoms with van der Waals surface area (Å²) in [5.74, 6) is 0.823. The van der Waals surface area contributed by atoms with Gasteiger partial charge in [0, 0.05) is 11.7 Å². The molecule has 0 aliphatic heterocycles. The number of hydrogen-bond donors (Lipinski definition) is 2. The van der Waals surface area contributed by atoms with Crippen molar-refractivity contribution in [3.8, 4) is 0 Å². The molecule has 1 atom stereocenters. The number of hydrogen-bond acceptors (Lipinski definition) is 2. The molecule has 0 radical (unpaired) electrons. The van der Waals surface area contributed by atoms with Gasteiger partial charge in [0.05, 0.1) is 0 Å². The van der Waals surface area contributed by atoms with Crippen molar-refractivity contribution in [3.05, 3.63) is 29.8 Å². The first-order valence-corrected chi connectivity index (χ1v) is 12.8. The van der Waals surface area contributed by atoms with E-state index in [2.05, 4.69) is 24.3 Å². The van der Waals surface area contributed by atoms with E-state index in [1.807, 2.05) is 0 Å². The molecule has 0 saturated heterocycles. The second kappa shape index (κ2) is 12.0. The molecule has 0 heterocycles. The highest BCUT2D eigenvalue weighted by molar-refractivity contribution is 5.41. The minimum atomic E-state index is 0.429. The Hall–Kier alpha value is -1.02. The van der Waals surface area contributed by atoms with Gasteiger partial charge in [0.2, 0.25) is 0 Å². The van der Waals surface area contributed by atoms with Crippen LogP contribution < -0.4 is 11.5 Å². The first-order chi connectivity index (χ1) is 14.2. The van der Waals surface area contributed by atoms with E-state index in [0.717, 1.165) is 11.6 Å². The van der Waals surface area contributed by atoms with Gasteiger partial charge in [-0.25, -0.2) is 0 Å². The van der Waals surface area contributed by atoms with Crippen molar-refractivity contribution < 1.29 is 0 Å². The summed E-state index contributed by atoms with van der Waals surface area (Å²) in [6.45, 7) is 0. The highest BCUT2D eigenvalue weighted by Crippen LogP contribution is 2.43. The fourth-order valence-corrected chi connectivity index (χ4v) is 6.10. The van der Waals surface area contributed by atoms with Crippen LogP contribution in [0, 0.1) is 5.92 Å². The van der Waals surface area contributed by atoms with E-state index in [4.69, 9.17) is 11.5 Å². The van der Waals surface area contributed by atoms with Gasteiger partial charge in [-0.2, -0.15) is 0 Å². The maximum absolute atomic E-state index is 6.46. The Balaban J connectivity index is 1.30. The fourth-order valence-electron chi connectivity index (χ4n) is 6.10. The summed E-state index contributed by atoms with van der Waals surface area (Å²) < 4.78 is 0. The van der Waals surface area contributed by atoms with Gasteiger partial charge in [0.1, 0.15) is 0 Å². The molecule has 0 amide bonds. The van der Waals surface area contributed by atoms with E-state index in [1.54, 1.807) is 5.56 Å². The van der Waals surface area contributed by atoms with E-state index in [1.165, 1.54) is 116 Å². The molecule has 2 aliphatic carbocycles. The van der Waals surface area contributed by atoms with Crippen LogP contribution in [-0.4, -0.2) is 6.04 Å². The van der Waals surface area contributed by atoms with Crippen LogP contribution in [0.25, 0.3) is 0 Å². The van der Waals surface area contributed by atoms with Crippen LogP contribution in [0.4, 0.5) is 5.69 Å². The molecular weight excluding hydrogens is 352 g/mol. The third kappa shape index (κ3) is 7.02. The van der Waals surface area contributed by atoms with Gasteiger partial charge in [-0.05, 0) is 67.6 Å². The van der Waals surface area contributed by atoms with Crippen LogP contribution in [-0.2, 0) is 5.41 Å². The van der Waals surface area contributed by atoms with Crippen molar-refractivity contribution in [3.63, 3.8) is 0 Å². The molecular formula is C27H46N2. The minimum absolute atomic E-state index is 0.429. The molecule has 2 heteroatoms. The zero-order valence-electron chi connectivity index (χ0n) is 18.8. The molecule has 0 spiro atoms. The number of nitrogens with two attached hydrogens (primary N) is 2. The van der Waals surface area contributed by atoms with Crippen molar-refractivity contribution in [2.45, 2.75) is 127 Å². The van der Waals surface area contributed by atoms with Gasteiger partial charge in [0.25, 0.3) is 0 Å². The van der Waals surface area contributed by atoms with E-state index in [0.29, 0.717) is 11.5 Å². The lowest BCUT2D eigenvalue weighted by atomic mass is 9.66. The summed E-state index contributed by atoms with van der Waals surface area (Å²) in [5.41, 5.74) is 15.3. The van der Waals surface area contributed by atoms with Gasteiger partial charge in [0.15, 0.2) is 0 Å². The van der Waals surface area contributed by atoms with Crippen LogP contribution in [0.1, 0.15) is 121 Å². The average molecular weight is 399 g/mol. The molecule has 1 unspecified atom stereocenters. The molecule has 2 fully saturated rings. The number of rotatable bonds is 11. The van der Waals surface area contributed by atoms with Gasteiger partial charge in [-0.1, -0.05) is 89.2 Å². The monoisotopic (exact) mass is 398 g/mol. The van der Waals surface area contributed by atoms with Crippen molar-refractivity contribution in [2.75, 3.05) is 5.73 Å². The van der Waals surface area contributed by atoms with Crippen molar-refractivity contribution in [1.82, 2.24) is 0 Å². The molecule has 29 heavy (non-hydrogen) atoms. The van der Waals surface area contributed by atoms with Gasteiger partial charge < -0.3 is 11.5 Å². The summed E-state index contributed by atoms with van der Waals surface area (Å²) in [5, 5.41) is 0. The molecule has 164 valence electrons. The molecule has 1 aromatic rings. The number of nitrogen functional groups attached to an aromatic ring is 1. The van der Waals surface area contributed by atoms with Crippen LogP contribution in [0.15, 0.2) is 24.3 Å². The third-order valence-electron chi connectivity index (χ3n) is 8.03. The number of unbranched alkanes of at least 4 members (excludes halogenated alkanes) is 5. The zero-order valence-corrected chi connectivity index (χ0v) is 18.8. The summed E-state index contributed by atoms with van der Waals surface area (Å²) >= 11 is 0. The second-order valence-corrected chi connectivity index (χ2v) is 10.2. The molecule has 2 aliphatic rings. The largest absolute Gasteiger partial charge is 0.399 e. The zero-order chi connectivity index (χ0) is 20.4. The van der Waals surface area contributed by atoms with E-state index < -0.39 is 0 Å². The van der Waals surface area contributed by atoms with Crippen LogP contribution >= 0.6 is 0 Å². The lowest BCUT2D eigenvalue weighted by Crippen LogP contribution is -2.31. The van der Waals surface area contributed by atoms with Crippen LogP contribution in [0.3, 0.4) is 0 Å². The Kier molecular flexibility index (Phi) is 9.36. The van der Waals surface area contributed by atoms with Crippen molar-refractivity contribution >= 4 is 5.69 Å². The van der Waals surface area contributed by atoms with Crippen molar-refractivity contribution in [2.24, 2.45) is 11.7 Å². The Bertz CT molecular complexity index is 552. The predicted molar refractivity (Wildman–Crippen MR) is 127 cm³/mol. The number of benzene rings is 1. The molecule has 0 bridgehead atoms. The van der Waals surface area contributed by atoms with Crippen molar-refractivity contribution in [1.29, 1.82) is 0 Å². The topological polar surface area (TPSA) is 52.0 Å². The molecule has 2 saturated carbocycles. The highest BCUT2D eigenvalue weighted by atomic mass is 14.6. The molecule has 2 nitrogen and oxygen atoms in total. The second-order valence-electron chi connectivity index (χ2n) is 10.2. The lowest BCUT2D eigenvalue weighted by molar-refractivity contribution is 0.265. The normalized spacial score (nSPS) is 21.1. The average Bonchev–Trinajstić information content (AvgIpc) is 2.77. The lowest BCUT2D eigenvalue weighted by Gasteiger charge is -2.38. The summed E-state index contributed by atoms with van der Waals surface area (Å²) in [4.78, 5) is 0. The van der Waals surface area contributed by atoms with Gasteiger partial charge in [-0.15, -0.1) is 0 Å². The SMILES string of the molecule is Nc1ccc(C2(CCCCCCCCC(N)C3CCCCC3)CCCCC2)cc1. The molecule has 0 aromatic heterocycles. The molecule has 4 N–H and O–H groups in total. The number of anilines is 1. The maximum atomic E-state index is 6.46. The fraction of sp³-hybridized carbons (Fsp3) is 0.778. The quantitative estimate of drug-likeness (QED) is 0.299. The van der Waals surface area contributed by atoms with E-state index in [-0.39, 0.29) is 0 Å². The van der Waals surface area contributed by atoms with E-state index in [9.17, 15) is 0 Å². The van der Waals surface area contributed by atoms with Gasteiger partial charge in [-0.3, -0.25) is 0 Å². The Labute approximate surface area is 180 Å². The highest BCUT2D eigenvalue weighted by Gasteiger charge is 2.33. The summed E-state index contributed by atoms with van der Waals surface area (Å²) in [6.07, 6.45) is 24.9. The first kappa shape index (κ1) is 22.7. The Morgan fingerprint density at radius 1 is 0.759 bits per heavy atom. The van der Waals surface area contributed by atoms with Gasteiger partial charge >= 0.3 is 0 Å².